The van der Waals surface area contributed by atoms with E-state index in [2.05, 4.69) is 5.32 Å². The van der Waals surface area contributed by atoms with Gasteiger partial charge in [-0.25, -0.2) is 0 Å². The molecule has 7 nitrogen and oxygen atoms in total. The van der Waals surface area contributed by atoms with Crippen molar-refractivity contribution in [3.63, 3.8) is 0 Å². The number of nitrogens with one attached hydrogen (secondary N) is 1. The van der Waals surface area contributed by atoms with Gasteiger partial charge in [-0.15, -0.1) is 0 Å². The van der Waals surface area contributed by atoms with Crippen LogP contribution in [0.25, 0.3) is 0 Å². The molecule has 2 amide bonds. The summed E-state index contributed by atoms with van der Waals surface area (Å²) < 4.78 is 10.3. The molecule has 0 aromatic heterocycles. The fourth-order valence-electron chi connectivity index (χ4n) is 2.64. The number of hydrogen-bond acceptors (Lipinski definition) is 5. The van der Waals surface area contributed by atoms with Crippen LogP contribution in [0.5, 0.6) is 5.75 Å². The number of nitrogens with zero attached hydrogens (tertiary/aromatic N) is 1. The summed E-state index contributed by atoms with van der Waals surface area (Å²) in [4.78, 5) is 37.8. The molecular formula is C22H26N2O5. The lowest BCUT2D eigenvalue weighted by molar-refractivity contribution is -0.158. The standard InChI is InChI=1S/C22H26N2O5/c1-15-5-9-18(10-6-15)23-20(25)14-24(3)22(27)16(2)29-21(26)13-17-7-11-19(28-4)12-8-17/h5-12,16H,13-14H2,1-4H3,(H,23,25)/t16-/m1/s1. The topological polar surface area (TPSA) is 84.9 Å². The zero-order chi connectivity index (χ0) is 21.4. The lowest BCUT2D eigenvalue weighted by Gasteiger charge is -2.21. The van der Waals surface area contributed by atoms with Crippen molar-refractivity contribution in [1.82, 2.24) is 4.90 Å². The Morgan fingerprint density at radius 1 is 1.03 bits per heavy atom. The summed E-state index contributed by atoms with van der Waals surface area (Å²) in [5.41, 5.74) is 2.49. The van der Waals surface area contributed by atoms with Crippen LogP contribution in [0.1, 0.15) is 18.1 Å². The van der Waals surface area contributed by atoms with E-state index in [1.807, 2.05) is 19.1 Å². The summed E-state index contributed by atoms with van der Waals surface area (Å²) in [6.07, 6.45) is -0.947. The third-order valence-corrected chi connectivity index (χ3v) is 4.26. The Kier molecular flexibility index (Phi) is 7.77. The van der Waals surface area contributed by atoms with Gasteiger partial charge in [0.15, 0.2) is 6.10 Å². The maximum Gasteiger partial charge on any atom is 0.311 e. The van der Waals surface area contributed by atoms with Gasteiger partial charge in [0.05, 0.1) is 20.1 Å². The molecule has 0 radical (unpaired) electrons. The Balaban J connectivity index is 1.81. The highest BCUT2D eigenvalue weighted by Crippen LogP contribution is 2.13. The molecule has 2 aromatic carbocycles. The summed E-state index contributed by atoms with van der Waals surface area (Å²) in [6, 6.07) is 14.4. The van der Waals surface area contributed by atoms with Gasteiger partial charge in [0.25, 0.3) is 5.91 Å². The average molecular weight is 398 g/mol. The molecule has 0 spiro atoms. The second kappa shape index (κ2) is 10.3. The minimum absolute atomic E-state index is 0.0409. The van der Waals surface area contributed by atoms with Crippen LogP contribution in [0.15, 0.2) is 48.5 Å². The number of rotatable bonds is 8. The number of hydrogen-bond donors (Lipinski definition) is 1. The lowest BCUT2D eigenvalue weighted by atomic mass is 10.1. The van der Waals surface area contributed by atoms with Crippen LogP contribution in [-0.4, -0.2) is 49.5 Å². The van der Waals surface area contributed by atoms with Crippen molar-refractivity contribution in [2.75, 3.05) is 26.0 Å². The van der Waals surface area contributed by atoms with Crippen LogP contribution in [-0.2, 0) is 25.5 Å². The quantitative estimate of drug-likeness (QED) is 0.691. The highest BCUT2D eigenvalue weighted by atomic mass is 16.5. The SMILES string of the molecule is COc1ccc(CC(=O)O[C@H](C)C(=O)N(C)CC(=O)Nc2ccc(C)cc2)cc1. The molecule has 154 valence electrons. The third kappa shape index (κ3) is 6.95. The van der Waals surface area contributed by atoms with Crippen molar-refractivity contribution >= 4 is 23.5 Å². The van der Waals surface area contributed by atoms with Crippen molar-refractivity contribution in [3.8, 4) is 5.75 Å². The van der Waals surface area contributed by atoms with Gasteiger partial charge in [-0.3, -0.25) is 14.4 Å². The molecule has 0 saturated carbocycles. The number of benzene rings is 2. The molecule has 7 heteroatoms. The largest absolute Gasteiger partial charge is 0.497 e. The molecular weight excluding hydrogens is 372 g/mol. The number of amides is 2. The van der Waals surface area contributed by atoms with Gasteiger partial charge in [-0.1, -0.05) is 29.8 Å². The Hall–Kier alpha value is -3.35. The smallest absolute Gasteiger partial charge is 0.311 e. The highest BCUT2D eigenvalue weighted by Gasteiger charge is 2.23. The first-order chi connectivity index (χ1) is 13.8. The van der Waals surface area contributed by atoms with E-state index in [1.165, 1.54) is 18.9 Å². The Bertz CT molecular complexity index is 847. The molecule has 0 aliphatic carbocycles. The minimum atomic E-state index is -0.988. The Labute approximate surface area is 170 Å². The van der Waals surface area contributed by atoms with Crippen LogP contribution in [0.4, 0.5) is 5.69 Å². The fourth-order valence-corrected chi connectivity index (χ4v) is 2.64. The summed E-state index contributed by atoms with van der Waals surface area (Å²) in [7, 11) is 3.05. The Morgan fingerprint density at radius 2 is 1.66 bits per heavy atom. The van der Waals surface area contributed by atoms with Crippen molar-refractivity contribution in [2.24, 2.45) is 0 Å². The molecule has 1 atom stereocenters. The first-order valence-corrected chi connectivity index (χ1v) is 9.22. The van der Waals surface area contributed by atoms with Crippen LogP contribution < -0.4 is 10.1 Å². The van der Waals surface area contributed by atoms with E-state index in [-0.39, 0.29) is 18.9 Å². The predicted molar refractivity (Wildman–Crippen MR) is 110 cm³/mol. The van der Waals surface area contributed by atoms with Crippen molar-refractivity contribution in [2.45, 2.75) is 26.4 Å². The fraction of sp³-hybridized carbons (Fsp3) is 0.318. The minimum Gasteiger partial charge on any atom is -0.497 e. The third-order valence-electron chi connectivity index (χ3n) is 4.26. The number of likely N-dealkylation sites (N-methyl/N-ethyl adjacent to an activating group) is 1. The number of ether oxygens (including phenoxy) is 2. The van der Waals surface area contributed by atoms with Crippen LogP contribution >= 0.6 is 0 Å². The Morgan fingerprint density at radius 3 is 2.24 bits per heavy atom. The van der Waals surface area contributed by atoms with Crippen molar-refractivity contribution < 1.29 is 23.9 Å². The number of methoxy groups -OCH3 is 1. The molecule has 2 aromatic rings. The monoisotopic (exact) mass is 398 g/mol. The molecule has 29 heavy (non-hydrogen) atoms. The summed E-state index contributed by atoms with van der Waals surface area (Å²) in [6.45, 7) is 3.30. The molecule has 0 unspecified atom stereocenters. The van der Waals surface area contributed by atoms with E-state index >= 15 is 0 Å². The first-order valence-electron chi connectivity index (χ1n) is 9.22. The van der Waals surface area contributed by atoms with Gasteiger partial charge in [0, 0.05) is 12.7 Å². The molecule has 0 bridgehead atoms. The van der Waals surface area contributed by atoms with Gasteiger partial charge >= 0.3 is 5.97 Å². The van der Waals surface area contributed by atoms with Gasteiger partial charge in [0.2, 0.25) is 5.91 Å². The second-order valence-electron chi connectivity index (χ2n) is 6.77. The van der Waals surface area contributed by atoms with Crippen LogP contribution in [0.3, 0.4) is 0 Å². The summed E-state index contributed by atoms with van der Waals surface area (Å²) >= 11 is 0. The zero-order valence-electron chi connectivity index (χ0n) is 17.1. The lowest BCUT2D eigenvalue weighted by Crippen LogP contribution is -2.41. The van der Waals surface area contributed by atoms with E-state index in [0.29, 0.717) is 11.4 Å². The number of esters is 1. The second-order valence-corrected chi connectivity index (χ2v) is 6.77. The molecule has 1 N–H and O–H groups in total. The van der Waals surface area contributed by atoms with Crippen molar-refractivity contribution in [3.05, 3.63) is 59.7 Å². The predicted octanol–water partition coefficient (Wildman–Crippen LogP) is 2.57. The number of carbonyl (C=O) groups excluding carboxylic acids is 3. The molecule has 2 rings (SSSR count). The van der Waals surface area contributed by atoms with E-state index in [0.717, 1.165) is 11.1 Å². The molecule has 0 heterocycles. The normalized spacial score (nSPS) is 11.3. The summed E-state index contributed by atoms with van der Waals surface area (Å²) in [5.74, 6) is -0.613. The van der Waals surface area contributed by atoms with Gasteiger partial charge in [-0.2, -0.15) is 0 Å². The number of aryl methyl sites for hydroxylation is 1. The zero-order valence-corrected chi connectivity index (χ0v) is 17.1. The maximum absolute atomic E-state index is 12.4. The van der Waals surface area contributed by atoms with E-state index < -0.39 is 18.0 Å². The van der Waals surface area contributed by atoms with E-state index in [4.69, 9.17) is 9.47 Å². The molecule has 0 saturated heterocycles. The average Bonchev–Trinajstić information content (AvgIpc) is 2.69. The first kappa shape index (κ1) is 21.9. The number of anilines is 1. The molecule has 0 aliphatic heterocycles. The molecule has 0 fully saturated rings. The summed E-state index contributed by atoms with van der Waals surface area (Å²) in [5, 5.41) is 2.73. The van der Waals surface area contributed by atoms with E-state index in [1.54, 1.807) is 43.5 Å². The molecule has 0 aliphatic rings. The van der Waals surface area contributed by atoms with E-state index in [9.17, 15) is 14.4 Å². The van der Waals surface area contributed by atoms with Crippen molar-refractivity contribution in [1.29, 1.82) is 0 Å². The van der Waals surface area contributed by atoms with Gasteiger partial charge < -0.3 is 19.7 Å². The maximum atomic E-state index is 12.4. The van der Waals surface area contributed by atoms with Gasteiger partial charge in [-0.05, 0) is 43.7 Å². The highest BCUT2D eigenvalue weighted by molar-refractivity contribution is 5.95. The van der Waals surface area contributed by atoms with Gasteiger partial charge in [0.1, 0.15) is 5.75 Å². The van der Waals surface area contributed by atoms with Crippen LogP contribution in [0, 0.1) is 6.92 Å². The number of carbonyl (C=O) groups is 3. The van der Waals surface area contributed by atoms with Crippen LogP contribution in [0.2, 0.25) is 0 Å².